The Kier molecular flexibility index (Phi) is 4.62. The van der Waals surface area contributed by atoms with E-state index in [1.165, 1.54) is 6.92 Å². The van der Waals surface area contributed by atoms with Crippen molar-refractivity contribution in [1.29, 1.82) is 5.26 Å². The number of hydrogen-bond acceptors (Lipinski definition) is 4. The molecule has 1 rings (SSSR count). The Bertz CT molecular complexity index is 537. The van der Waals surface area contributed by atoms with Crippen LogP contribution in [-0.2, 0) is 4.74 Å². The molecule has 0 fully saturated rings. The number of esters is 1. The van der Waals surface area contributed by atoms with Gasteiger partial charge in [0.2, 0.25) is 0 Å². The molecule has 0 heterocycles. The highest BCUT2D eigenvalue weighted by atomic mass is 35.5. The minimum atomic E-state index is -5.04. The molecule has 1 aromatic rings. The summed E-state index contributed by atoms with van der Waals surface area (Å²) in [5.74, 6) is -2.05. The number of carbonyl (C=O) groups excluding carboxylic acids is 1. The summed E-state index contributed by atoms with van der Waals surface area (Å²) in [6.07, 6.45) is -5.04. The topological polar surface area (TPSA) is 59.3 Å². The molecule has 0 N–H and O–H groups in total. The van der Waals surface area contributed by atoms with Gasteiger partial charge in [0.05, 0.1) is 17.2 Å². The third kappa shape index (κ3) is 3.76. The highest BCUT2D eigenvalue weighted by Gasteiger charge is 2.35. The summed E-state index contributed by atoms with van der Waals surface area (Å²) in [6.45, 7) is 1.40. The fourth-order valence-corrected chi connectivity index (χ4v) is 1.47. The average molecular weight is 294 g/mol. The van der Waals surface area contributed by atoms with Gasteiger partial charge in [0.15, 0.2) is 5.75 Å². The molecule has 0 aromatic heterocycles. The largest absolute Gasteiger partial charge is 0.573 e. The Morgan fingerprint density at radius 2 is 2.11 bits per heavy atom. The molecule has 8 heteroatoms. The van der Waals surface area contributed by atoms with Crippen LogP contribution in [0.1, 0.15) is 22.8 Å². The van der Waals surface area contributed by atoms with E-state index < -0.39 is 28.7 Å². The lowest BCUT2D eigenvalue weighted by Crippen LogP contribution is -2.20. The molecule has 0 saturated carbocycles. The van der Waals surface area contributed by atoms with Crippen LogP contribution in [0.25, 0.3) is 0 Å². The predicted octanol–water partition coefficient (Wildman–Crippen LogP) is 3.29. The molecule has 0 amide bonds. The molecule has 0 unspecified atom stereocenters. The van der Waals surface area contributed by atoms with Gasteiger partial charge in [-0.3, -0.25) is 0 Å². The summed E-state index contributed by atoms with van der Waals surface area (Å²) in [5, 5.41) is 8.37. The second-order valence-corrected chi connectivity index (χ2v) is 3.59. The molecule has 0 aliphatic heterocycles. The molecule has 4 nitrogen and oxygen atoms in total. The van der Waals surface area contributed by atoms with Gasteiger partial charge in [-0.1, -0.05) is 11.6 Å². The molecule has 0 spiro atoms. The van der Waals surface area contributed by atoms with Crippen molar-refractivity contribution in [3.8, 4) is 11.8 Å². The molecule has 0 aliphatic rings. The van der Waals surface area contributed by atoms with Gasteiger partial charge in [0.1, 0.15) is 11.6 Å². The van der Waals surface area contributed by atoms with Gasteiger partial charge in [-0.15, -0.1) is 13.2 Å². The second-order valence-electron chi connectivity index (χ2n) is 3.18. The molecule has 0 saturated heterocycles. The number of halogens is 4. The van der Waals surface area contributed by atoms with Gasteiger partial charge in [-0.05, 0) is 19.1 Å². The number of nitrogens with zero attached hydrogens (tertiary/aromatic N) is 1. The zero-order chi connectivity index (χ0) is 14.6. The Hall–Kier alpha value is -1.94. The van der Waals surface area contributed by atoms with Crippen LogP contribution < -0.4 is 4.74 Å². The highest BCUT2D eigenvalue weighted by molar-refractivity contribution is 6.32. The number of hydrogen-bond donors (Lipinski definition) is 0. The smallest absolute Gasteiger partial charge is 0.462 e. The molecule has 0 aliphatic carbocycles. The highest BCUT2D eigenvalue weighted by Crippen LogP contribution is 2.35. The van der Waals surface area contributed by atoms with E-state index in [9.17, 15) is 18.0 Å². The SMILES string of the molecule is CCOC(=O)c1c(C#N)ccc(Cl)c1OC(F)(F)F. The molecule has 19 heavy (non-hydrogen) atoms. The van der Waals surface area contributed by atoms with E-state index in [-0.39, 0.29) is 12.2 Å². The Morgan fingerprint density at radius 3 is 2.58 bits per heavy atom. The van der Waals surface area contributed by atoms with Crippen molar-refractivity contribution in [3.05, 3.63) is 28.3 Å². The van der Waals surface area contributed by atoms with Gasteiger partial charge in [0.25, 0.3) is 0 Å². The first-order chi connectivity index (χ1) is 8.80. The van der Waals surface area contributed by atoms with Crippen molar-refractivity contribution in [2.24, 2.45) is 0 Å². The number of alkyl halides is 3. The van der Waals surface area contributed by atoms with Crippen LogP contribution in [0.15, 0.2) is 12.1 Å². The van der Waals surface area contributed by atoms with Crippen LogP contribution in [0.3, 0.4) is 0 Å². The maximum Gasteiger partial charge on any atom is 0.573 e. The quantitative estimate of drug-likeness (QED) is 0.802. The Balaban J connectivity index is 3.42. The van der Waals surface area contributed by atoms with Crippen molar-refractivity contribution < 1.29 is 27.4 Å². The first kappa shape index (κ1) is 15.1. The minimum absolute atomic E-state index is 0.0678. The van der Waals surface area contributed by atoms with E-state index in [1.54, 1.807) is 6.07 Å². The predicted molar refractivity (Wildman–Crippen MR) is 58.8 cm³/mol. The molecular formula is C11H7ClF3NO3. The number of ether oxygens (including phenoxy) is 2. The van der Waals surface area contributed by atoms with Crippen molar-refractivity contribution >= 4 is 17.6 Å². The normalized spacial score (nSPS) is 10.7. The van der Waals surface area contributed by atoms with Crippen LogP contribution in [0.5, 0.6) is 5.75 Å². The van der Waals surface area contributed by atoms with E-state index in [1.807, 2.05) is 0 Å². The zero-order valence-electron chi connectivity index (χ0n) is 9.55. The minimum Gasteiger partial charge on any atom is -0.462 e. The monoisotopic (exact) mass is 293 g/mol. The van der Waals surface area contributed by atoms with E-state index in [0.29, 0.717) is 0 Å². The standard InChI is InChI=1S/C11H7ClF3NO3/c1-2-18-10(17)8-6(5-16)3-4-7(12)9(8)19-11(13,14)15/h3-4H,2H2,1H3. The van der Waals surface area contributed by atoms with Crippen molar-refractivity contribution in [2.45, 2.75) is 13.3 Å². The van der Waals surface area contributed by atoms with Crippen molar-refractivity contribution in [3.63, 3.8) is 0 Å². The molecule has 1 aromatic carbocycles. The summed E-state index contributed by atoms with van der Waals surface area (Å²) in [4.78, 5) is 11.6. The van der Waals surface area contributed by atoms with Crippen LogP contribution in [0, 0.1) is 11.3 Å². The molecular weight excluding hydrogens is 287 g/mol. The summed E-state index contributed by atoms with van der Waals surface area (Å²) < 4.78 is 45.1. The van der Waals surface area contributed by atoms with Gasteiger partial charge >= 0.3 is 12.3 Å². The number of rotatable bonds is 3. The molecule has 0 bridgehead atoms. The van der Waals surface area contributed by atoms with Crippen molar-refractivity contribution in [2.75, 3.05) is 6.61 Å². The maximum absolute atomic E-state index is 12.3. The van der Waals surface area contributed by atoms with Crippen LogP contribution in [0.4, 0.5) is 13.2 Å². The number of nitriles is 1. The lowest BCUT2D eigenvalue weighted by Gasteiger charge is -2.14. The van der Waals surface area contributed by atoms with Crippen LogP contribution in [-0.4, -0.2) is 18.9 Å². The summed E-state index contributed by atoms with van der Waals surface area (Å²) >= 11 is 5.57. The second kappa shape index (κ2) is 5.80. The zero-order valence-corrected chi connectivity index (χ0v) is 10.3. The van der Waals surface area contributed by atoms with Crippen LogP contribution in [0.2, 0.25) is 5.02 Å². The Labute approximate surface area is 111 Å². The van der Waals surface area contributed by atoms with Gasteiger partial charge < -0.3 is 9.47 Å². The first-order valence-electron chi connectivity index (χ1n) is 4.95. The average Bonchev–Trinajstić information content (AvgIpc) is 2.30. The van der Waals surface area contributed by atoms with Gasteiger partial charge in [-0.25, -0.2) is 4.79 Å². The van der Waals surface area contributed by atoms with E-state index in [4.69, 9.17) is 16.9 Å². The summed E-state index contributed by atoms with van der Waals surface area (Å²) in [7, 11) is 0. The lowest BCUT2D eigenvalue weighted by molar-refractivity contribution is -0.274. The maximum atomic E-state index is 12.3. The molecule has 0 radical (unpaired) electrons. The number of carbonyl (C=O) groups is 1. The fourth-order valence-electron chi connectivity index (χ4n) is 1.27. The van der Waals surface area contributed by atoms with Crippen LogP contribution >= 0.6 is 11.6 Å². The third-order valence-electron chi connectivity index (χ3n) is 1.93. The van der Waals surface area contributed by atoms with Crippen molar-refractivity contribution in [1.82, 2.24) is 0 Å². The third-order valence-corrected chi connectivity index (χ3v) is 2.23. The molecule has 102 valence electrons. The fraction of sp³-hybridized carbons (Fsp3) is 0.273. The van der Waals surface area contributed by atoms with E-state index in [0.717, 1.165) is 12.1 Å². The van der Waals surface area contributed by atoms with E-state index in [2.05, 4.69) is 9.47 Å². The van der Waals surface area contributed by atoms with E-state index >= 15 is 0 Å². The summed E-state index contributed by atoms with van der Waals surface area (Å²) in [6, 6.07) is 3.72. The van der Waals surface area contributed by atoms with Gasteiger partial charge in [0, 0.05) is 0 Å². The Morgan fingerprint density at radius 1 is 1.47 bits per heavy atom. The van der Waals surface area contributed by atoms with Gasteiger partial charge in [-0.2, -0.15) is 5.26 Å². The first-order valence-corrected chi connectivity index (χ1v) is 5.33. The lowest BCUT2D eigenvalue weighted by atomic mass is 10.1. The molecule has 0 atom stereocenters. The summed E-state index contributed by atoms with van der Waals surface area (Å²) in [5.41, 5.74) is -0.962. The number of benzene rings is 1.